The molecule has 2 aromatic heterocycles. The monoisotopic (exact) mass is 861 g/mol. The van der Waals surface area contributed by atoms with Crippen LogP contribution in [0.25, 0.3) is 60.2 Å². The highest BCUT2D eigenvalue weighted by molar-refractivity contribution is 7.30. The van der Waals surface area contributed by atoms with Crippen LogP contribution in [0.4, 0.5) is 0 Å². The van der Waals surface area contributed by atoms with Gasteiger partial charge >= 0.3 is 0 Å². The van der Waals surface area contributed by atoms with Gasteiger partial charge in [-0.05, 0) is 145 Å². The van der Waals surface area contributed by atoms with Crippen LogP contribution in [-0.2, 0) is 21.7 Å². The summed E-state index contributed by atoms with van der Waals surface area (Å²) in [7, 11) is 0. The van der Waals surface area contributed by atoms with Gasteiger partial charge in [-0.15, -0.1) is 11.3 Å². The predicted molar refractivity (Wildman–Crippen MR) is 274 cm³/mol. The molecule has 65 heavy (non-hydrogen) atoms. The molecule has 0 amide bonds. The maximum atomic E-state index is 7.11. The molecule has 0 atom stereocenters. The zero-order valence-corrected chi connectivity index (χ0v) is 39.3. The molecule has 4 aliphatic rings. The van der Waals surface area contributed by atoms with E-state index in [0.717, 1.165) is 58.1 Å². The van der Waals surface area contributed by atoms with E-state index in [9.17, 15) is 0 Å². The molecule has 0 radical (unpaired) electrons. The molecule has 0 spiro atoms. The zero-order chi connectivity index (χ0) is 44.4. The second-order valence-electron chi connectivity index (χ2n) is 21.9. The van der Waals surface area contributed by atoms with E-state index in [1.165, 1.54) is 75.9 Å². The second-order valence-corrected chi connectivity index (χ2v) is 23.0. The molecular formula is C60H52BNO2S. The number of fused-ring (bicyclic) bond motifs is 9. The summed E-state index contributed by atoms with van der Waals surface area (Å²) in [5.74, 6) is 3.57. The first-order valence-corrected chi connectivity index (χ1v) is 24.2. The lowest BCUT2D eigenvalue weighted by Crippen LogP contribution is -2.56. The first-order chi connectivity index (χ1) is 31.1. The summed E-state index contributed by atoms with van der Waals surface area (Å²) >= 11 is 1.87. The highest BCUT2D eigenvalue weighted by Crippen LogP contribution is 2.52. The molecule has 0 saturated carbocycles. The average Bonchev–Trinajstić information content (AvgIpc) is 3.97. The molecule has 5 heteroatoms. The van der Waals surface area contributed by atoms with Gasteiger partial charge in [0, 0.05) is 31.6 Å². The smallest absolute Gasteiger partial charge is 0.273 e. The number of aromatic nitrogens is 1. The summed E-state index contributed by atoms with van der Waals surface area (Å²) in [5, 5.41) is 2.52. The lowest BCUT2D eigenvalue weighted by Gasteiger charge is -2.32. The number of hydrogen-bond donors (Lipinski definition) is 0. The molecule has 0 unspecified atom stereocenters. The van der Waals surface area contributed by atoms with Gasteiger partial charge in [-0.3, -0.25) is 0 Å². The Morgan fingerprint density at radius 2 is 0.938 bits per heavy atom. The Morgan fingerprint density at radius 3 is 1.57 bits per heavy atom. The Bertz CT molecular complexity index is 3450. The van der Waals surface area contributed by atoms with E-state index in [2.05, 4.69) is 206 Å². The van der Waals surface area contributed by atoms with Crippen molar-refractivity contribution >= 4 is 55.6 Å². The first-order valence-electron chi connectivity index (χ1n) is 23.3. The summed E-state index contributed by atoms with van der Waals surface area (Å²) < 4.78 is 17.8. The molecule has 0 fully saturated rings. The standard InChI is InChI=1S/C60H52BNO2S/c1-57(2)33-59(5,6)45-27-36(19-24-43(45)57)37-21-26-47-50(29-37)63-51-30-39(35-17-22-40(23-18-35)62-48-15-11-9-13-41(48)42-14-10-12-16-49(42)62)31-52-55(51)61(47)56-53(64-52)32-54(65-56)38-20-25-44-46(28-38)60(7,8)34-58(44,3)4/h9-32H,33-34H2,1-8H3. The fourth-order valence-electron chi connectivity index (χ4n) is 13.1. The van der Waals surface area contributed by atoms with Gasteiger partial charge in [-0.2, -0.15) is 0 Å². The number of rotatable bonds is 4. The van der Waals surface area contributed by atoms with Crippen molar-refractivity contribution in [3.8, 4) is 61.4 Å². The quantitative estimate of drug-likeness (QED) is 0.165. The number of benzene rings is 7. The van der Waals surface area contributed by atoms with Crippen molar-refractivity contribution in [2.45, 2.75) is 89.9 Å². The van der Waals surface area contributed by atoms with E-state index in [4.69, 9.17) is 9.47 Å². The van der Waals surface area contributed by atoms with Crippen LogP contribution in [0, 0.1) is 0 Å². The van der Waals surface area contributed by atoms with Gasteiger partial charge in [0.25, 0.3) is 6.71 Å². The largest absolute Gasteiger partial charge is 0.458 e. The minimum atomic E-state index is -0.0171. The molecule has 2 aliphatic carbocycles. The first kappa shape index (κ1) is 39.1. The molecule has 318 valence electrons. The minimum Gasteiger partial charge on any atom is -0.458 e. The third-order valence-corrected chi connectivity index (χ3v) is 16.8. The maximum absolute atomic E-state index is 7.11. The van der Waals surface area contributed by atoms with Crippen molar-refractivity contribution in [1.29, 1.82) is 0 Å². The van der Waals surface area contributed by atoms with Gasteiger partial charge in [0.2, 0.25) is 0 Å². The Labute approximate surface area is 386 Å². The molecule has 0 bridgehead atoms. The summed E-state index contributed by atoms with van der Waals surface area (Å²) in [4.78, 5) is 1.24. The number of para-hydroxylation sites is 2. The zero-order valence-electron chi connectivity index (χ0n) is 38.5. The van der Waals surface area contributed by atoms with Crippen molar-refractivity contribution in [3.05, 3.63) is 168 Å². The van der Waals surface area contributed by atoms with Gasteiger partial charge in [0.05, 0.1) is 11.0 Å². The van der Waals surface area contributed by atoms with Crippen LogP contribution in [0.3, 0.4) is 0 Å². The molecule has 4 heterocycles. The lowest BCUT2D eigenvalue weighted by atomic mass is 9.37. The van der Waals surface area contributed by atoms with Gasteiger partial charge in [-0.1, -0.05) is 146 Å². The van der Waals surface area contributed by atoms with Gasteiger partial charge in [0.15, 0.2) is 0 Å². The highest BCUT2D eigenvalue weighted by atomic mass is 32.1. The van der Waals surface area contributed by atoms with E-state index in [1.54, 1.807) is 0 Å². The van der Waals surface area contributed by atoms with Crippen molar-refractivity contribution in [3.63, 3.8) is 0 Å². The van der Waals surface area contributed by atoms with E-state index < -0.39 is 0 Å². The van der Waals surface area contributed by atoms with E-state index >= 15 is 0 Å². The third kappa shape index (κ3) is 5.73. The third-order valence-electron chi connectivity index (χ3n) is 15.5. The molecule has 13 rings (SSSR count). The molecular weight excluding hydrogens is 810 g/mol. The van der Waals surface area contributed by atoms with E-state index in [1.807, 2.05) is 11.3 Å². The van der Waals surface area contributed by atoms with Crippen molar-refractivity contribution < 1.29 is 9.47 Å². The van der Waals surface area contributed by atoms with Gasteiger partial charge in [-0.25, -0.2) is 0 Å². The van der Waals surface area contributed by atoms with Gasteiger partial charge < -0.3 is 14.0 Å². The Morgan fingerprint density at radius 1 is 0.446 bits per heavy atom. The summed E-state index contributed by atoms with van der Waals surface area (Å²) in [5.41, 5.74) is 18.1. The maximum Gasteiger partial charge on any atom is 0.273 e. The Balaban J connectivity index is 0.940. The number of nitrogens with zero attached hydrogens (tertiary/aromatic N) is 1. The lowest BCUT2D eigenvalue weighted by molar-refractivity contribution is 0.402. The minimum absolute atomic E-state index is 0.0171. The van der Waals surface area contributed by atoms with Crippen LogP contribution in [0.2, 0.25) is 0 Å². The summed E-state index contributed by atoms with van der Waals surface area (Å²) in [6.45, 7) is 19.1. The summed E-state index contributed by atoms with van der Waals surface area (Å²) in [6, 6.07) is 54.3. The Kier molecular flexibility index (Phi) is 7.92. The van der Waals surface area contributed by atoms with Crippen LogP contribution >= 0.6 is 11.3 Å². The van der Waals surface area contributed by atoms with Crippen LogP contribution in [0.5, 0.6) is 23.0 Å². The molecule has 3 nitrogen and oxygen atoms in total. The molecule has 0 N–H and O–H groups in total. The normalized spacial score (nSPS) is 17.5. The van der Waals surface area contributed by atoms with Crippen LogP contribution in [0.1, 0.15) is 90.5 Å². The fourth-order valence-corrected chi connectivity index (χ4v) is 14.3. The average molecular weight is 862 g/mol. The van der Waals surface area contributed by atoms with Gasteiger partial charge in [0.1, 0.15) is 23.0 Å². The molecule has 7 aromatic carbocycles. The van der Waals surface area contributed by atoms with Crippen molar-refractivity contribution in [2.24, 2.45) is 0 Å². The predicted octanol–water partition coefficient (Wildman–Crippen LogP) is 14.5. The molecule has 9 aromatic rings. The number of thiophene rings is 1. The van der Waals surface area contributed by atoms with E-state index in [0.29, 0.717) is 0 Å². The molecule has 2 aliphatic heterocycles. The van der Waals surface area contributed by atoms with Crippen LogP contribution in [-0.4, -0.2) is 11.3 Å². The number of ether oxygens (including phenoxy) is 2. The van der Waals surface area contributed by atoms with Crippen LogP contribution in [0.15, 0.2) is 146 Å². The van der Waals surface area contributed by atoms with Crippen molar-refractivity contribution in [2.75, 3.05) is 0 Å². The SMILES string of the molecule is CC1(C)CC(C)(C)c2cc(-c3ccc4c(c3)Oc3cc(-c5ccc(-n6c7ccccc7c7ccccc76)cc5)cc5c3B4c3sc(-c4ccc6c(c4)C(C)(C)CC6(C)C)cc3O5)ccc21. The number of hydrogen-bond acceptors (Lipinski definition) is 3. The fraction of sp³-hybridized carbons (Fsp3) is 0.233. The summed E-state index contributed by atoms with van der Waals surface area (Å²) in [6.07, 6.45) is 2.29. The Hall–Kier alpha value is -6.30. The van der Waals surface area contributed by atoms with E-state index in [-0.39, 0.29) is 28.4 Å². The molecule has 0 saturated heterocycles. The van der Waals surface area contributed by atoms with Crippen molar-refractivity contribution in [1.82, 2.24) is 4.57 Å². The topological polar surface area (TPSA) is 23.4 Å². The highest BCUT2D eigenvalue weighted by Gasteiger charge is 2.45. The van der Waals surface area contributed by atoms with Crippen LogP contribution < -0.4 is 25.2 Å². The second kappa shape index (κ2) is 13.2.